The van der Waals surface area contributed by atoms with E-state index in [-0.39, 0.29) is 23.8 Å². The molecular weight excluding hydrogens is 462 g/mol. The van der Waals surface area contributed by atoms with Gasteiger partial charge in [-0.15, -0.1) is 0 Å². The van der Waals surface area contributed by atoms with Crippen LogP contribution in [0.15, 0.2) is 72.8 Å². The van der Waals surface area contributed by atoms with E-state index in [1.54, 1.807) is 4.90 Å². The molecule has 0 unspecified atom stereocenters. The molecule has 2 aliphatic rings. The van der Waals surface area contributed by atoms with E-state index in [1.807, 2.05) is 41.3 Å². The van der Waals surface area contributed by atoms with Crippen LogP contribution in [-0.2, 0) is 23.3 Å². The van der Waals surface area contributed by atoms with Gasteiger partial charge in [0.25, 0.3) is 11.8 Å². The van der Waals surface area contributed by atoms with Gasteiger partial charge in [-0.25, -0.2) is 0 Å². The van der Waals surface area contributed by atoms with Gasteiger partial charge in [0.2, 0.25) is 0 Å². The molecule has 0 spiro atoms. The zero-order valence-corrected chi connectivity index (χ0v) is 21.9. The topological polar surface area (TPSA) is 53.1 Å². The molecular formula is C31H35N3O3. The zero-order valence-electron chi connectivity index (χ0n) is 21.9. The second-order valence-electron chi connectivity index (χ2n) is 11.0. The summed E-state index contributed by atoms with van der Waals surface area (Å²) >= 11 is 0. The number of amides is 2. The maximum Gasteiger partial charge on any atom is 0.265 e. The number of carbonyl (C=O) groups is 2. The first kappa shape index (κ1) is 25.0. The first-order valence-electron chi connectivity index (χ1n) is 13.0. The van der Waals surface area contributed by atoms with Crippen molar-refractivity contribution in [1.82, 2.24) is 9.80 Å². The van der Waals surface area contributed by atoms with Crippen molar-refractivity contribution in [2.45, 2.75) is 39.3 Å². The van der Waals surface area contributed by atoms with Gasteiger partial charge in [0, 0.05) is 38.3 Å². The molecule has 2 aliphatic heterocycles. The van der Waals surface area contributed by atoms with E-state index in [0.717, 1.165) is 55.3 Å². The Labute approximate surface area is 219 Å². The summed E-state index contributed by atoms with van der Waals surface area (Å²) in [6, 6.07) is 24.2. The molecule has 0 aromatic heterocycles. The highest BCUT2D eigenvalue weighted by atomic mass is 16.5. The quantitative estimate of drug-likeness (QED) is 0.505. The molecule has 6 nitrogen and oxygen atoms in total. The van der Waals surface area contributed by atoms with Crippen LogP contribution in [0.4, 0.5) is 5.69 Å². The third kappa shape index (κ3) is 5.70. The molecule has 1 fully saturated rings. The second kappa shape index (κ2) is 10.4. The lowest BCUT2D eigenvalue weighted by atomic mass is 9.86. The Morgan fingerprint density at radius 3 is 2.19 bits per heavy atom. The van der Waals surface area contributed by atoms with Crippen LogP contribution in [0.25, 0.3) is 0 Å². The Morgan fingerprint density at radius 2 is 1.51 bits per heavy atom. The maximum absolute atomic E-state index is 13.1. The summed E-state index contributed by atoms with van der Waals surface area (Å²) in [5, 5.41) is 0. The number of rotatable bonds is 5. The largest absolute Gasteiger partial charge is 0.482 e. The van der Waals surface area contributed by atoms with Crippen LogP contribution < -0.4 is 9.64 Å². The summed E-state index contributed by atoms with van der Waals surface area (Å²) in [5.74, 6) is 0.728. The maximum atomic E-state index is 13.1. The van der Waals surface area contributed by atoms with Crippen LogP contribution >= 0.6 is 0 Å². The third-order valence-electron chi connectivity index (χ3n) is 7.22. The molecule has 3 aromatic carbocycles. The van der Waals surface area contributed by atoms with Crippen LogP contribution in [0.1, 0.15) is 47.8 Å². The third-order valence-corrected chi connectivity index (χ3v) is 7.22. The molecule has 0 radical (unpaired) electrons. The molecule has 0 bridgehead atoms. The highest BCUT2D eigenvalue weighted by molar-refractivity contribution is 5.98. The summed E-state index contributed by atoms with van der Waals surface area (Å²) in [6.07, 6.45) is 0. The minimum Gasteiger partial charge on any atom is -0.482 e. The van der Waals surface area contributed by atoms with Gasteiger partial charge in [-0.1, -0.05) is 69.3 Å². The lowest BCUT2D eigenvalue weighted by molar-refractivity contribution is -0.121. The first-order chi connectivity index (χ1) is 17.8. The summed E-state index contributed by atoms with van der Waals surface area (Å²) in [5.41, 5.74) is 4.89. The van der Waals surface area contributed by atoms with Crippen molar-refractivity contribution in [3.8, 4) is 5.75 Å². The number of nitrogens with zero attached hydrogens (tertiary/aromatic N) is 3. The minimum atomic E-state index is -0.0629. The second-order valence-corrected chi connectivity index (χ2v) is 11.0. The predicted molar refractivity (Wildman–Crippen MR) is 146 cm³/mol. The lowest BCUT2D eigenvalue weighted by Gasteiger charge is -2.35. The molecule has 0 aliphatic carbocycles. The van der Waals surface area contributed by atoms with E-state index >= 15 is 0 Å². The van der Waals surface area contributed by atoms with Crippen molar-refractivity contribution in [3.05, 3.63) is 95.1 Å². The molecule has 0 saturated carbocycles. The van der Waals surface area contributed by atoms with Gasteiger partial charge >= 0.3 is 0 Å². The Hall–Kier alpha value is -3.64. The van der Waals surface area contributed by atoms with Gasteiger partial charge in [-0.2, -0.15) is 0 Å². The highest BCUT2D eigenvalue weighted by Crippen LogP contribution is 2.37. The monoisotopic (exact) mass is 497 g/mol. The molecule has 0 atom stereocenters. The average molecular weight is 498 g/mol. The number of fused-ring (bicyclic) bond motifs is 1. The summed E-state index contributed by atoms with van der Waals surface area (Å²) in [6.45, 7) is 11.0. The molecule has 3 aromatic rings. The van der Waals surface area contributed by atoms with E-state index in [4.69, 9.17) is 4.74 Å². The number of anilines is 1. The van der Waals surface area contributed by atoms with Crippen molar-refractivity contribution < 1.29 is 14.3 Å². The summed E-state index contributed by atoms with van der Waals surface area (Å²) in [4.78, 5) is 32.0. The van der Waals surface area contributed by atoms with Crippen molar-refractivity contribution in [3.63, 3.8) is 0 Å². The summed E-state index contributed by atoms with van der Waals surface area (Å²) in [7, 11) is 0. The smallest absolute Gasteiger partial charge is 0.265 e. The van der Waals surface area contributed by atoms with Crippen LogP contribution in [0.2, 0.25) is 0 Å². The fourth-order valence-electron chi connectivity index (χ4n) is 4.91. The Bertz CT molecular complexity index is 1260. The number of benzene rings is 3. The fraction of sp³-hybridized carbons (Fsp3) is 0.355. The van der Waals surface area contributed by atoms with Gasteiger partial charge in [0.05, 0.1) is 12.2 Å². The molecule has 37 heavy (non-hydrogen) atoms. The molecule has 6 heteroatoms. The molecule has 1 saturated heterocycles. The van der Waals surface area contributed by atoms with Gasteiger partial charge in [0.1, 0.15) is 5.75 Å². The standard InChI is InChI=1S/C31H35N3O3/c1-31(2,3)26-13-14-28-27(19-26)34(29(35)22-37-28)21-24-9-11-25(12-10-24)30(36)33-17-15-32(16-18-33)20-23-7-5-4-6-8-23/h4-14,19H,15-18,20-22H2,1-3H3. The number of piperazine rings is 1. The Morgan fingerprint density at radius 1 is 0.838 bits per heavy atom. The summed E-state index contributed by atoms with van der Waals surface area (Å²) < 4.78 is 5.68. The van der Waals surface area contributed by atoms with Gasteiger partial charge in [-0.3, -0.25) is 14.5 Å². The van der Waals surface area contributed by atoms with E-state index in [9.17, 15) is 9.59 Å². The van der Waals surface area contributed by atoms with Crippen LogP contribution in [0.3, 0.4) is 0 Å². The van der Waals surface area contributed by atoms with Crippen molar-refractivity contribution >= 4 is 17.5 Å². The van der Waals surface area contributed by atoms with Crippen molar-refractivity contribution in [2.75, 3.05) is 37.7 Å². The van der Waals surface area contributed by atoms with Gasteiger partial charge in [-0.05, 0) is 46.4 Å². The average Bonchev–Trinajstić information content (AvgIpc) is 2.90. The minimum absolute atomic E-state index is 0.0315. The molecule has 2 heterocycles. The Balaban J connectivity index is 1.22. The number of hydrogen-bond donors (Lipinski definition) is 0. The lowest BCUT2D eigenvalue weighted by Crippen LogP contribution is -2.48. The van der Waals surface area contributed by atoms with Gasteiger partial charge < -0.3 is 14.5 Å². The van der Waals surface area contributed by atoms with Crippen molar-refractivity contribution in [1.29, 1.82) is 0 Å². The van der Waals surface area contributed by atoms with E-state index in [1.165, 1.54) is 5.56 Å². The van der Waals surface area contributed by atoms with E-state index < -0.39 is 0 Å². The highest BCUT2D eigenvalue weighted by Gasteiger charge is 2.28. The van der Waals surface area contributed by atoms with Crippen LogP contribution in [0, 0.1) is 0 Å². The number of hydrogen-bond acceptors (Lipinski definition) is 4. The van der Waals surface area contributed by atoms with Crippen LogP contribution in [0.5, 0.6) is 5.75 Å². The van der Waals surface area contributed by atoms with Gasteiger partial charge in [0.15, 0.2) is 6.61 Å². The predicted octanol–water partition coefficient (Wildman–Crippen LogP) is 4.87. The molecule has 0 N–H and O–H groups in total. The SMILES string of the molecule is CC(C)(C)c1ccc2c(c1)N(Cc1ccc(C(=O)N3CCN(Cc4ccccc4)CC3)cc1)C(=O)CO2. The van der Waals surface area contributed by atoms with Crippen LogP contribution in [-0.4, -0.2) is 54.4 Å². The Kier molecular flexibility index (Phi) is 7.02. The fourth-order valence-corrected chi connectivity index (χ4v) is 4.91. The van der Waals surface area contributed by atoms with E-state index in [0.29, 0.717) is 12.1 Å². The molecule has 192 valence electrons. The zero-order chi connectivity index (χ0) is 26.0. The first-order valence-corrected chi connectivity index (χ1v) is 13.0. The number of carbonyl (C=O) groups excluding carboxylic acids is 2. The molecule has 5 rings (SSSR count). The normalized spacial score (nSPS) is 16.4. The van der Waals surface area contributed by atoms with Crippen molar-refractivity contribution in [2.24, 2.45) is 0 Å². The molecule has 2 amide bonds. The van der Waals surface area contributed by atoms with E-state index in [2.05, 4.69) is 62.1 Å². The number of ether oxygens (including phenoxy) is 1.